The Labute approximate surface area is 92.7 Å². The van der Waals surface area contributed by atoms with Crippen molar-refractivity contribution < 1.29 is 5.11 Å². The van der Waals surface area contributed by atoms with Gasteiger partial charge in [-0.3, -0.25) is 0 Å². The van der Waals surface area contributed by atoms with Gasteiger partial charge in [0.25, 0.3) is 0 Å². The summed E-state index contributed by atoms with van der Waals surface area (Å²) in [5, 5.41) is 13.0. The lowest BCUT2D eigenvalue weighted by atomic mass is 10.2. The molecule has 1 heterocycles. The highest BCUT2D eigenvalue weighted by molar-refractivity contribution is 6.32. The standard InChI is InChI=1S/C9H13ClN4O/c10-8-7(11)9(13-4-12-8)14-5-2-1-3-6(5)15/h4-6,15H,1-3,11H2,(H,12,13,14). The first-order valence-corrected chi connectivity index (χ1v) is 5.27. The molecular formula is C9H13ClN4O. The molecule has 0 aliphatic heterocycles. The SMILES string of the molecule is Nc1c(Cl)ncnc1NC1CCCC1O. The molecule has 0 bridgehead atoms. The zero-order valence-corrected chi connectivity index (χ0v) is 8.91. The van der Waals surface area contributed by atoms with Crippen molar-refractivity contribution in [2.75, 3.05) is 11.1 Å². The van der Waals surface area contributed by atoms with E-state index in [9.17, 15) is 5.11 Å². The summed E-state index contributed by atoms with van der Waals surface area (Å²) >= 11 is 5.76. The van der Waals surface area contributed by atoms with E-state index in [-0.39, 0.29) is 17.3 Å². The average Bonchev–Trinajstić information content (AvgIpc) is 2.60. The lowest BCUT2D eigenvalue weighted by Crippen LogP contribution is -2.28. The number of aliphatic hydroxyl groups is 1. The van der Waals surface area contributed by atoms with Crippen molar-refractivity contribution in [3.05, 3.63) is 11.5 Å². The molecule has 2 atom stereocenters. The summed E-state index contributed by atoms with van der Waals surface area (Å²) in [6.45, 7) is 0. The Morgan fingerprint density at radius 3 is 2.93 bits per heavy atom. The van der Waals surface area contributed by atoms with E-state index in [2.05, 4.69) is 15.3 Å². The van der Waals surface area contributed by atoms with E-state index in [1.54, 1.807) is 0 Å². The highest BCUT2D eigenvalue weighted by atomic mass is 35.5. The molecule has 0 radical (unpaired) electrons. The van der Waals surface area contributed by atoms with Crippen LogP contribution in [0.5, 0.6) is 0 Å². The van der Waals surface area contributed by atoms with Crippen molar-refractivity contribution >= 4 is 23.1 Å². The summed E-state index contributed by atoms with van der Waals surface area (Å²) < 4.78 is 0. The number of nitrogens with one attached hydrogen (secondary N) is 1. The molecule has 1 aromatic heterocycles. The minimum atomic E-state index is -0.335. The van der Waals surface area contributed by atoms with Gasteiger partial charge in [0.1, 0.15) is 12.0 Å². The Balaban J connectivity index is 2.13. The molecule has 1 fully saturated rings. The fraction of sp³-hybridized carbons (Fsp3) is 0.556. The fourth-order valence-corrected chi connectivity index (χ4v) is 1.91. The predicted octanol–water partition coefficient (Wildman–Crippen LogP) is 1.04. The van der Waals surface area contributed by atoms with Crippen LogP contribution < -0.4 is 11.1 Å². The molecule has 1 aliphatic rings. The maximum atomic E-state index is 9.63. The Kier molecular flexibility index (Phi) is 2.93. The molecule has 2 unspecified atom stereocenters. The highest BCUT2D eigenvalue weighted by Gasteiger charge is 2.26. The smallest absolute Gasteiger partial charge is 0.157 e. The topological polar surface area (TPSA) is 84.1 Å². The molecule has 5 nitrogen and oxygen atoms in total. The van der Waals surface area contributed by atoms with E-state index < -0.39 is 0 Å². The summed E-state index contributed by atoms with van der Waals surface area (Å²) in [7, 11) is 0. The maximum absolute atomic E-state index is 9.63. The van der Waals surface area contributed by atoms with E-state index in [4.69, 9.17) is 17.3 Å². The van der Waals surface area contributed by atoms with E-state index in [1.165, 1.54) is 6.33 Å². The van der Waals surface area contributed by atoms with Crippen molar-refractivity contribution in [1.29, 1.82) is 0 Å². The second-order valence-corrected chi connectivity index (χ2v) is 4.03. The molecule has 4 N–H and O–H groups in total. The zero-order valence-electron chi connectivity index (χ0n) is 8.15. The van der Waals surface area contributed by atoms with Gasteiger partial charge in [-0.05, 0) is 19.3 Å². The summed E-state index contributed by atoms with van der Waals surface area (Å²) in [5.41, 5.74) is 6.04. The summed E-state index contributed by atoms with van der Waals surface area (Å²) in [6.07, 6.45) is 3.76. The molecule has 0 amide bonds. The van der Waals surface area contributed by atoms with Crippen molar-refractivity contribution in [3.8, 4) is 0 Å². The zero-order chi connectivity index (χ0) is 10.8. The molecule has 1 aromatic rings. The Hall–Kier alpha value is -1.07. The van der Waals surface area contributed by atoms with Crippen LogP contribution in [0.1, 0.15) is 19.3 Å². The van der Waals surface area contributed by atoms with Gasteiger partial charge in [-0.2, -0.15) is 0 Å². The fourth-order valence-electron chi connectivity index (χ4n) is 1.77. The molecule has 15 heavy (non-hydrogen) atoms. The van der Waals surface area contributed by atoms with Gasteiger partial charge in [0.2, 0.25) is 0 Å². The molecule has 1 saturated carbocycles. The highest BCUT2D eigenvalue weighted by Crippen LogP contribution is 2.27. The first-order valence-electron chi connectivity index (χ1n) is 4.89. The van der Waals surface area contributed by atoms with E-state index in [0.29, 0.717) is 11.5 Å². The number of hydrogen-bond donors (Lipinski definition) is 3. The number of aliphatic hydroxyl groups excluding tert-OH is 1. The first kappa shape index (κ1) is 10.4. The molecule has 0 aromatic carbocycles. The molecule has 82 valence electrons. The third kappa shape index (κ3) is 2.13. The number of hydrogen-bond acceptors (Lipinski definition) is 5. The van der Waals surface area contributed by atoms with E-state index in [0.717, 1.165) is 19.3 Å². The monoisotopic (exact) mass is 228 g/mol. The number of halogens is 1. The van der Waals surface area contributed by atoms with Gasteiger partial charge in [-0.15, -0.1) is 0 Å². The van der Waals surface area contributed by atoms with E-state index in [1.807, 2.05) is 0 Å². The van der Waals surface area contributed by atoms with Crippen molar-refractivity contribution in [3.63, 3.8) is 0 Å². The molecule has 0 spiro atoms. The number of rotatable bonds is 2. The third-order valence-electron chi connectivity index (χ3n) is 2.64. The van der Waals surface area contributed by atoms with Gasteiger partial charge in [0.05, 0.1) is 12.1 Å². The Bertz CT molecular complexity index is 360. The normalized spacial score (nSPS) is 25.5. The molecule has 2 rings (SSSR count). The van der Waals surface area contributed by atoms with Crippen LogP contribution in [-0.2, 0) is 0 Å². The van der Waals surface area contributed by atoms with E-state index >= 15 is 0 Å². The summed E-state index contributed by atoms with van der Waals surface area (Å²) in [4.78, 5) is 7.75. The summed E-state index contributed by atoms with van der Waals surface area (Å²) in [6, 6.07) is 0.0123. The van der Waals surface area contributed by atoms with Crippen LogP contribution in [-0.4, -0.2) is 27.2 Å². The number of nitrogen functional groups attached to an aromatic ring is 1. The van der Waals surface area contributed by atoms with Crippen LogP contribution in [0.15, 0.2) is 6.33 Å². The van der Waals surface area contributed by atoms with Crippen molar-refractivity contribution in [1.82, 2.24) is 9.97 Å². The Morgan fingerprint density at radius 2 is 2.27 bits per heavy atom. The lowest BCUT2D eigenvalue weighted by molar-refractivity contribution is 0.171. The van der Waals surface area contributed by atoms with Crippen LogP contribution in [0.3, 0.4) is 0 Å². The second-order valence-electron chi connectivity index (χ2n) is 3.68. The largest absolute Gasteiger partial charge is 0.393 e. The van der Waals surface area contributed by atoms with Gasteiger partial charge >= 0.3 is 0 Å². The third-order valence-corrected chi connectivity index (χ3v) is 2.94. The number of aromatic nitrogens is 2. The molecule has 0 saturated heterocycles. The van der Waals surface area contributed by atoms with Gasteiger partial charge < -0.3 is 16.2 Å². The number of nitrogens with zero attached hydrogens (tertiary/aromatic N) is 2. The van der Waals surface area contributed by atoms with Gasteiger partial charge in [-0.1, -0.05) is 11.6 Å². The lowest BCUT2D eigenvalue weighted by Gasteiger charge is -2.17. The second kappa shape index (κ2) is 4.20. The first-order chi connectivity index (χ1) is 7.18. The predicted molar refractivity (Wildman–Crippen MR) is 58.7 cm³/mol. The van der Waals surface area contributed by atoms with Crippen LogP contribution >= 0.6 is 11.6 Å². The van der Waals surface area contributed by atoms with Crippen LogP contribution in [0, 0.1) is 0 Å². The van der Waals surface area contributed by atoms with Crippen LogP contribution in [0.4, 0.5) is 11.5 Å². The van der Waals surface area contributed by atoms with Crippen LogP contribution in [0.25, 0.3) is 0 Å². The van der Waals surface area contributed by atoms with Gasteiger partial charge in [0.15, 0.2) is 11.0 Å². The van der Waals surface area contributed by atoms with Crippen LogP contribution in [0.2, 0.25) is 5.15 Å². The minimum absolute atomic E-state index is 0.0123. The molecule has 1 aliphatic carbocycles. The summed E-state index contributed by atoms with van der Waals surface area (Å²) in [5.74, 6) is 0.501. The van der Waals surface area contributed by atoms with Gasteiger partial charge in [0, 0.05) is 0 Å². The van der Waals surface area contributed by atoms with Gasteiger partial charge in [-0.25, -0.2) is 9.97 Å². The van der Waals surface area contributed by atoms with Crippen molar-refractivity contribution in [2.45, 2.75) is 31.4 Å². The Morgan fingerprint density at radius 1 is 1.47 bits per heavy atom. The van der Waals surface area contributed by atoms with Crippen molar-refractivity contribution in [2.24, 2.45) is 0 Å². The molecular weight excluding hydrogens is 216 g/mol. The average molecular weight is 229 g/mol. The minimum Gasteiger partial charge on any atom is -0.393 e. The quantitative estimate of drug-likeness (QED) is 0.659. The number of nitrogens with two attached hydrogens (primary N) is 1. The number of anilines is 2. The maximum Gasteiger partial charge on any atom is 0.157 e. The molecule has 6 heteroatoms.